The first kappa shape index (κ1) is 21.9. The first-order valence-corrected chi connectivity index (χ1v) is 10.6. The molecule has 1 N–H and O–H groups in total. The number of ether oxygens (including phenoxy) is 1. The SMILES string of the molecule is Cc1cccc(NC(=O)/C(C#N)=C\c2ccc(OCc3ccccc3Cl)c(I)c2)c1. The molecule has 3 aromatic carbocycles. The van der Waals surface area contributed by atoms with Crippen LogP contribution in [-0.4, -0.2) is 5.91 Å². The van der Waals surface area contributed by atoms with Crippen molar-refractivity contribution in [2.75, 3.05) is 5.32 Å². The van der Waals surface area contributed by atoms with Gasteiger partial charge in [0.15, 0.2) is 0 Å². The number of hydrogen-bond acceptors (Lipinski definition) is 3. The van der Waals surface area contributed by atoms with E-state index in [-0.39, 0.29) is 5.57 Å². The van der Waals surface area contributed by atoms with Crippen LogP contribution in [0.25, 0.3) is 6.08 Å². The summed E-state index contributed by atoms with van der Waals surface area (Å²) in [5, 5.41) is 12.8. The molecule has 0 aliphatic rings. The van der Waals surface area contributed by atoms with Gasteiger partial charge in [-0.15, -0.1) is 0 Å². The largest absolute Gasteiger partial charge is 0.488 e. The summed E-state index contributed by atoms with van der Waals surface area (Å²) in [6.45, 7) is 2.29. The Labute approximate surface area is 194 Å². The fourth-order valence-corrected chi connectivity index (χ4v) is 3.62. The van der Waals surface area contributed by atoms with Gasteiger partial charge >= 0.3 is 0 Å². The van der Waals surface area contributed by atoms with Gasteiger partial charge in [-0.3, -0.25) is 4.79 Å². The number of anilines is 1. The topological polar surface area (TPSA) is 62.1 Å². The first-order chi connectivity index (χ1) is 14.5. The Morgan fingerprint density at radius 3 is 2.67 bits per heavy atom. The molecule has 1 amide bonds. The van der Waals surface area contributed by atoms with Crippen molar-refractivity contribution in [2.45, 2.75) is 13.5 Å². The number of aryl methyl sites for hydroxylation is 1. The molecule has 0 radical (unpaired) electrons. The molecule has 0 bridgehead atoms. The van der Waals surface area contributed by atoms with Crippen LogP contribution in [0.3, 0.4) is 0 Å². The Hall–Kier alpha value is -2.82. The van der Waals surface area contributed by atoms with Crippen molar-refractivity contribution in [1.82, 2.24) is 0 Å². The number of carbonyl (C=O) groups is 1. The molecular formula is C24H18ClIN2O2. The summed E-state index contributed by atoms with van der Waals surface area (Å²) in [5.74, 6) is 0.257. The summed E-state index contributed by atoms with van der Waals surface area (Å²) >= 11 is 8.33. The van der Waals surface area contributed by atoms with Crippen molar-refractivity contribution in [2.24, 2.45) is 0 Å². The van der Waals surface area contributed by atoms with Gasteiger partial charge < -0.3 is 10.1 Å². The zero-order valence-electron chi connectivity index (χ0n) is 16.2. The highest BCUT2D eigenvalue weighted by Crippen LogP contribution is 2.25. The molecule has 150 valence electrons. The molecule has 0 spiro atoms. The molecule has 0 heterocycles. The molecule has 0 atom stereocenters. The molecule has 0 aliphatic heterocycles. The van der Waals surface area contributed by atoms with Crippen LogP contribution in [0.5, 0.6) is 5.75 Å². The Morgan fingerprint density at radius 2 is 1.97 bits per heavy atom. The number of rotatable bonds is 6. The third-order valence-electron chi connectivity index (χ3n) is 4.25. The van der Waals surface area contributed by atoms with E-state index in [1.165, 1.54) is 0 Å². The zero-order valence-corrected chi connectivity index (χ0v) is 19.1. The number of carbonyl (C=O) groups excluding carboxylic acids is 1. The zero-order chi connectivity index (χ0) is 21.5. The molecule has 4 nitrogen and oxygen atoms in total. The van der Waals surface area contributed by atoms with E-state index in [1.54, 1.807) is 18.2 Å². The molecule has 0 unspecified atom stereocenters. The Morgan fingerprint density at radius 1 is 1.17 bits per heavy atom. The molecule has 0 saturated heterocycles. The van der Waals surface area contributed by atoms with E-state index in [0.29, 0.717) is 23.1 Å². The lowest BCUT2D eigenvalue weighted by atomic mass is 10.1. The van der Waals surface area contributed by atoms with E-state index < -0.39 is 5.91 Å². The number of benzene rings is 3. The van der Waals surface area contributed by atoms with Crippen LogP contribution in [0.2, 0.25) is 5.02 Å². The molecule has 6 heteroatoms. The van der Waals surface area contributed by atoms with Crippen LogP contribution >= 0.6 is 34.2 Å². The summed E-state index contributed by atoms with van der Waals surface area (Å²) in [6, 6.07) is 22.4. The van der Waals surface area contributed by atoms with Crippen LogP contribution in [0, 0.1) is 21.8 Å². The van der Waals surface area contributed by atoms with Gasteiger partial charge in [-0.2, -0.15) is 5.26 Å². The lowest BCUT2D eigenvalue weighted by Gasteiger charge is -2.10. The van der Waals surface area contributed by atoms with Crippen molar-refractivity contribution in [1.29, 1.82) is 5.26 Å². The van der Waals surface area contributed by atoms with Gasteiger partial charge in [-0.05, 0) is 77.0 Å². The average molecular weight is 529 g/mol. The normalized spacial score (nSPS) is 10.9. The van der Waals surface area contributed by atoms with Gasteiger partial charge in [-0.25, -0.2) is 0 Å². The third-order valence-corrected chi connectivity index (χ3v) is 5.46. The summed E-state index contributed by atoms with van der Waals surface area (Å²) in [4.78, 5) is 12.5. The maximum atomic E-state index is 12.5. The number of nitrogens with one attached hydrogen (secondary N) is 1. The van der Waals surface area contributed by atoms with E-state index in [4.69, 9.17) is 16.3 Å². The molecule has 30 heavy (non-hydrogen) atoms. The minimum Gasteiger partial charge on any atom is -0.488 e. The summed E-state index contributed by atoms with van der Waals surface area (Å²) in [6.07, 6.45) is 1.56. The predicted octanol–water partition coefficient (Wildman–Crippen LogP) is 6.38. The maximum absolute atomic E-state index is 12.5. The van der Waals surface area contributed by atoms with E-state index in [0.717, 1.165) is 20.3 Å². The Kier molecular flexibility index (Phi) is 7.50. The van der Waals surface area contributed by atoms with Crippen LogP contribution in [0.15, 0.2) is 72.3 Å². The molecule has 3 aromatic rings. The smallest absolute Gasteiger partial charge is 0.266 e. The Balaban J connectivity index is 1.72. The van der Waals surface area contributed by atoms with Gasteiger partial charge in [0, 0.05) is 16.3 Å². The van der Waals surface area contributed by atoms with Crippen molar-refractivity contribution < 1.29 is 9.53 Å². The van der Waals surface area contributed by atoms with Gasteiger partial charge in [0.05, 0.1) is 3.57 Å². The number of nitriles is 1. The number of amides is 1. The standard InChI is InChI=1S/C24H18ClIN2O2/c1-16-5-4-7-20(11-16)28-24(29)19(14-27)12-17-9-10-23(22(26)13-17)30-15-18-6-2-3-8-21(18)25/h2-13H,15H2,1H3,(H,28,29)/b19-12-. The van der Waals surface area contributed by atoms with Crippen LogP contribution in [0.4, 0.5) is 5.69 Å². The number of halogens is 2. The minimum atomic E-state index is -0.447. The van der Waals surface area contributed by atoms with Gasteiger partial charge in [0.2, 0.25) is 0 Å². The fourth-order valence-electron chi connectivity index (χ4n) is 2.73. The number of nitrogens with zero attached hydrogens (tertiary/aromatic N) is 1. The Bertz CT molecular complexity index is 1150. The summed E-state index contributed by atoms with van der Waals surface area (Å²) < 4.78 is 6.74. The molecule has 3 rings (SSSR count). The van der Waals surface area contributed by atoms with Gasteiger partial charge in [-0.1, -0.05) is 48.0 Å². The molecule has 0 aliphatic carbocycles. The third kappa shape index (κ3) is 5.85. The maximum Gasteiger partial charge on any atom is 0.266 e. The van der Waals surface area contributed by atoms with E-state index >= 15 is 0 Å². The molecule has 0 fully saturated rings. The van der Waals surface area contributed by atoms with Crippen LogP contribution in [-0.2, 0) is 11.4 Å². The van der Waals surface area contributed by atoms with Crippen LogP contribution in [0.1, 0.15) is 16.7 Å². The summed E-state index contributed by atoms with van der Waals surface area (Å²) in [5.41, 5.74) is 3.34. The number of hydrogen-bond donors (Lipinski definition) is 1. The van der Waals surface area contributed by atoms with Crippen molar-refractivity contribution in [3.63, 3.8) is 0 Å². The van der Waals surface area contributed by atoms with Crippen molar-refractivity contribution in [3.8, 4) is 11.8 Å². The predicted molar refractivity (Wildman–Crippen MR) is 128 cm³/mol. The van der Waals surface area contributed by atoms with E-state index in [1.807, 2.05) is 67.6 Å². The highest BCUT2D eigenvalue weighted by Gasteiger charge is 2.11. The fraction of sp³-hybridized carbons (Fsp3) is 0.0833. The van der Waals surface area contributed by atoms with Gasteiger partial charge in [0.25, 0.3) is 5.91 Å². The second-order valence-electron chi connectivity index (χ2n) is 6.56. The molecule has 0 saturated carbocycles. The van der Waals surface area contributed by atoms with Gasteiger partial charge in [0.1, 0.15) is 24.0 Å². The monoisotopic (exact) mass is 528 g/mol. The van der Waals surface area contributed by atoms with E-state index in [9.17, 15) is 10.1 Å². The first-order valence-electron chi connectivity index (χ1n) is 9.12. The molecular weight excluding hydrogens is 511 g/mol. The minimum absolute atomic E-state index is 0.0250. The highest BCUT2D eigenvalue weighted by atomic mass is 127. The lowest BCUT2D eigenvalue weighted by Crippen LogP contribution is -2.13. The van der Waals surface area contributed by atoms with Crippen LogP contribution < -0.4 is 10.1 Å². The highest BCUT2D eigenvalue weighted by molar-refractivity contribution is 14.1. The van der Waals surface area contributed by atoms with E-state index in [2.05, 4.69) is 27.9 Å². The average Bonchev–Trinajstić information content (AvgIpc) is 2.72. The second kappa shape index (κ2) is 10.3. The molecule has 0 aromatic heterocycles. The second-order valence-corrected chi connectivity index (χ2v) is 8.13. The quantitative estimate of drug-likeness (QED) is 0.229. The summed E-state index contributed by atoms with van der Waals surface area (Å²) in [7, 11) is 0. The lowest BCUT2D eigenvalue weighted by molar-refractivity contribution is -0.112. The van der Waals surface area contributed by atoms with Crippen molar-refractivity contribution in [3.05, 3.63) is 97.6 Å². The van der Waals surface area contributed by atoms with Crippen molar-refractivity contribution >= 4 is 51.9 Å².